The molecule has 6 atom stereocenters. The molecule has 12 nitrogen and oxygen atoms in total. The standard InChI is InChI=1S/C32H48F2N4O8/c1-9-10-19(2)15-24(35-28(40)27(32(5,6)7)36-30(41)43-8)25(39)17-38(16-22-11-13-23(14-12-22)45-29(33)34)37-31(42)46-26-18-44-21(4)20(26)3/h9-14,20-21,24-27,29,39H,2,15-18H2,1,3-8H3,(H,35,40)(H,36,41)(H,37,42)/b10-9-. The number of halogens is 2. The first-order valence-corrected chi connectivity index (χ1v) is 15.0. The quantitative estimate of drug-likeness (QED) is 0.161. The molecule has 0 aliphatic carbocycles. The Morgan fingerprint density at radius 3 is 2.33 bits per heavy atom. The number of hydrogen-bond acceptors (Lipinski definition) is 9. The molecule has 14 heteroatoms. The Labute approximate surface area is 269 Å². The molecule has 0 radical (unpaired) electrons. The maximum Gasteiger partial charge on any atom is 0.422 e. The van der Waals surface area contributed by atoms with Gasteiger partial charge >= 0.3 is 18.8 Å². The number of nitrogens with zero attached hydrogens (tertiary/aromatic N) is 1. The van der Waals surface area contributed by atoms with Crippen LogP contribution in [0.4, 0.5) is 18.4 Å². The number of benzene rings is 1. The summed E-state index contributed by atoms with van der Waals surface area (Å²) in [7, 11) is 1.19. The molecule has 4 N–H and O–H groups in total. The summed E-state index contributed by atoms with van der Waals surface area (Å²) in [6, 6.07) is 3.88. The van der Waals surface area contributed by atoms with Crippen molar-refractivity contribution in [2.24, 2.45) is 11.3 Å². The molecule has 3 amide bonds. The molecular formula is C32H48F2N4O8. The van der Waals surface area contributed by atoms with Crippen molar-refractivity contribution < 1.29 is 47.2 Å². The molecule has 0 saturated carbocycles. The Morgan fingerprint density at radius 1 is 1.15 bits per heavy atom. The monoisotopic (exact) mass is 654 g/mol. The highest BCUT2D eigenvalue weighted by Gasteiger charge is 2.37. The molecule has 258 valence electrons. The third-order valence-electron chi connectivity index (χ3n) is 7.54. The van der Waals surface area contributed by atoms with Gasteiger partial charge in [0.1, 0.15) is 17.9 Å². The van der Waals surface area contributed by atoms with Gasteiger partial charge in [-0.05, 0) is 43.4 Å². The lowest BCUT2D eigenvalue weighted by Gasteiger charge is -2.34. The highest BCUT2D eigenvalue weighted by Crippen LogP contribution is 2.24. The molecule has 1 aromatic rings. The number of alkyl halides is 2. The van der Waals surface area contributed by atoms with Gasteiger partial charge in [-0.25, -0.2) is 14.6 Å². The number of aliphatic hydroxyl groups is 1. The topological polar surface area (TPSA) is 148 Å². The number of ether oxygens (including phenoxy) is 4. The second-order valence-electron chi connectivity index (χ2n) is 12.3. The van der Waals surface area contributed by atoms with Gasteiger partial charge in [-0.1, -0.05) is 64.1 Å². The van der Waals surface area contributed by atoms with Crippen LogP contribution in [0.3, 0.4) is 0 Å². The number of rotatable bonds is 15. The lowest BCUT2D eigenvalue weighted by Crippen LogP contribution is -2.58. The number of amides is 3. The van der Waals surface area contributed by atoms with Crippen molar-refractivity contribution in [2.75, 3.05) is 20.3 Å². The van der Waals surface area contributed by atoms with Crippen LogP contribution in [0.25, 0.3) is 0 Å². The van der Waals surface area contributed by atoms with Gasteiger partial charge in [0.05, 0.1) is 32.0 Å². The fourth-order valence-electron chi connectivity index (χ4n) is 4.77. The largest absolute Gasteiger partial charge is 0.453 e. The average molecular weight is 655 g/mol. The minimum atomic E-state index is -2.98. The van der Waals surface area contributed by atoms with Gasteiger partial charge in [-0.3, -0.25) is 10.2 Å². The van der Waals surface area contributed by atoms with Crippen LogP contribution in [-0.2, 0) is 25.5 Å². The predicted molar refractivity (Wildman–Crippen MR) is 167 cm³/mol. The molecule has 1 aromatic carbocycles. The Morgan fingerprint density at radius 2 is 1.80 bits per heavy atom. The summed E-state index contributed by atoms with van der Waals surface area (Å²) in [5, 5.41) is 18.3. The molecule has 1 aliphatic rings. The lowest BCUT2D eigenvalue weighted by molar-refractivity contribution is -0.127. The maximum absolute atomic E-state index is 13.5. The first kappa shape index (κ1) is 38.4. The van der Waals surface area contributed by atoms with Crippen LogP contribution in [0.5, 0.6) is 5.75 Å². The van der Waals surface area contributed by atoms with Gasteiger partial charge in [0.25, 0.3) is 0 Å². The minimum absolute atomic E-state index is 0.0270. The van der Waals surface area contributed by atoms with Crippen molar-refractivity contribution in [3.63, 3.8) is 0 Å². The van der Waals surface area contributed by atoms with Crippen LogP contribution in [0.1, 0.15) is 53.5 Å². The highest BCUT2D eigenvalue weighted by atomic mass is 19.3. The first-order valence-electron chi connectivity index (χ1n) is 15.0. The van der Waals surface area contributed by atoms with E-state index < -0.39 is 54.4 Å². The zero-order chi connectivity index (χ0) is 34.6. The van der Waals surface area contributed by atoms with Gasteiger partial charge in [0, 0.05) is 19.0 Å². The number of allylic oxidation sites excluding steroid dienone is 2. The third-order valence-corrected chi connectivity index (χ3v) is 7.54. The van der Waals surface area contributed by atoms with Crippen LogP contribution in [0, 0.1) is 11.3 Å². The molecule has 1 saturated heterocycles. The Balaban J connectivity index is 2.32. The van der Waals surface area contributed by atoms with Crippen LogP contribution in [0.15, 0.2) is 48.6 Å². The summed E-state index contributed by atoms with van der Waals surface area (Å²) in [5.41, 5.74) is 3.14. The molecule has 1 fully saturated rings. The molecule has 2 rings (SSSR count). The molecule has 46 heavy (non-hydrogen) atoms. The zero-order valence-electron chi connectivity index (χ0n) is 27.5. The van der Waals surface area contributed by atoms with Gasteiger partial charge in [0.15, 0.2) is 0 Å². The summed E-state index contributed by atoms with van der Waals surface area (Å²) in [4.78, 5) is 38.5. The van der Waals surface area contributed by atoms with E-state index in [1.54, 1.807) is 39.8 Å². The predicted octanol–water partition coefficient (Wildman–Crippen LogP) is 4.29. The van der Waals surface area contributed by atoms with E-state index in [4.69, 9.17) is 14.2 Å². The Kier molecular flexibility index (Phi) is 14.9. The van der Waals surface area contributed by atoms with Crippen LogP contribution >= 0.6 is 0 Å². The second kappa shape index (κ2) is 17.8. The summed E-state index contributed by atoms with van der Waals surface area (Å²) < 4.78 is 45.6. The van der Waals surface area contributed by atoms with Gasteiger partial charge in [-0.15, -0.1) is 0 Å². The highest BCUT2D eigenvalue weighted by molar-refractivity contribution is 5.86. The Bertz CT molecular complexity index is 1190. The fraction of sp³-hybridized carbons (Fsp3) is 0.594. The molecule has 6 unspecified atom stereocenters. The number of aliphatic hydroxyl groups excluding tert-OH is 1. The van der Waals surface area contributed by atoms with Crippen molar-refractivity contribution in [3.8, 4) is 5.75 Å². The fourth-order valence-corrected chi connectivity index (χ4v) is 4.77. The zero-order valence-corrected chi connectivity index (χ0v) is 27.5. The average Bonchev–Trinajstić information content (AvgIpc) is 3.27. The molecule has 1 heterocycles. The van der Waals surface area contributed by atoms with E-state index in [2.05, 4.69) is 27.4 Å². The second-order valence-corrected chi connectivity index (χ2v) is 12.3. The third kappa shape index (κ3) is 12.6. The van der Waals surface area contributed by atoms with Crippen molar-refractivity contribution in [2.45, 2.75) is 91.5 Å². The van der Waals surface area contributed by atoms with E-state index in [9.17, 15) is 28.3 Å². The van der Waals surface area contributed by atoms with Crippen molar-refractivity contribution in [1.29, 1.82) is 0 Å². The van der Waals surface area contributed by atoms with Gasteiger partial charge in [-0.2, -0.15) is 8.78 Å². The van der Waals surface area contributed by atoms with E-state index >= 15 is 0 Å². The number of carbonyl (C=O) groups excluding carboxylic acids is 3. The van der Waals surface area contributed by atoms with Crippen molar-refractivity contribution in [3.05, 3.63) is 54.1 Å². The first-order chi connectivity index (χ1) is 21.5. The van der Waals surface area contributed by atoms with Gasteiger partial charge < -0.3 is 34.7 Å². The molecule has 0 spiro atoms. The van der Waals surface area contributed by atoms with E-state index in [1.165, 1.54) is 36.4 Å². The minimum Gasteiger partial charge on any atom is -0.453 e. The normalized spacial score (nSPS) is 20.2. The Hall–Kier alpha value is -3.75. The number of hydrazine groups is 1. The smallest absolute Gasteiger partial charge is 0.422 e. The number of alkyl carbamates (subject to hydrolysis) is 1. The number of hydrogen-bond donors (Lipinski definition) is 4. The number of carbonyl (C=O) groups is 3. The number of nitrogens with one attached hydrogen (secondary N) is 3. The summed E-state index contributed by atoms with van der Waals surface area (Å²) in [5.74, 6) is -0.645. The molecule has 0 bridgehead atoms. The molecule has 1 aliphatic heterocycles. The molecular weight excluding hydrogens is 606 g/mol. The SMILES string of the molecule is C=C(/C=C\C)CC(NC(=O)C(NC(=O)OC)C(C)(C)C)C(O)CN(Cc1ccc(OC(F)F)cc1)NC(=O)OC1COC(C)C1C. The van der Waals surface area contributed by atoms with Crippen LogP contribution in [-0.4, -0.2) is 85.5 Å². The number of methoxy groups -OCH3 is 1. The lowest BCUT2D eigenvalue weighted by atomic mass is 9.85. The summed E-state index contributed by atoms with van der Waals surface area (Å²) in [6.07, 6.45) is 0.213. The van der Waals surface area contributed by atoms with Crippen LogP contribution < -0.4 is 20.8 Å². The summed E-state index contributed by atoms with van der Waals surface area (Å²) >= 11 is 0. The van der Waals surface area contributed by atoms with Crippen molar-refractivity contribution >= 4 is 18.1 Å². The van der Waals surface area contributed by atoms with E-state index in [1.807, 2.05) is 13.8 Å². The maximum atomic E-state index is 13.5. The molecule has 0 aromatic heterocycles. The van der Waals surface area contributed by atoms with Gasteiger partial charge in [0.2, 0.25) is 5.91 Å². The van der Waals surface area contributed by atoms with E-state index in [-0.39, 0.29) is 43.9 Å². The van der Waals surface area contributed by atoms with E-state index in [0.717, 1.165) is 0 Å². The van der Waals surface area contributed by atoms with Crippen molar-refractivity contribution in [1.82, 2.24) is 21.1 Å². The van der Waals surface area contributed by atoms with Crippen LogP contribution in [0.2, 0.25) is 0 Å². The van der Waals surface area contributed by atoms with E-state index in [0.29, 0.717) is 11.1 Å². The summed E-state index contributed by atoms with van der Waals surface area (Å²) in [6.45, 7) is 12.0.